The van der Waals surface area contributed by atoms with Crippen LogP contribution in [0.15, 0.2) is 70.7 Å². The van der Waals surface area contributed by atoms with E-state index in [-0.39, 0.29) is 18.1 Å². The molecule has 1 N–H and O–H groups in total. The van der Waals surface area contributed by atoms with Gasteiger partial charge in [-0.05, 0) is 39.6 Å². The molecule has 2 aliphatic rings. The fourth-order valence-electron chi connectivity index (χ4n) is 5.76. The standard InChI is InChI=1S/C32H39FN6O3/c1-5-42-31(40)26-22(2)34-30-28(27(26)23-11-7-6-8-12-23)29(35-32(41)39(30)20-15-36(3)4)38-18-16-37(17-19-38)21-24-13-9-10-14-25(24)33/h6-14,27,34H,5,15-21H2,1-4H3. The van der Waals surface area contributed by atoms with Crippen molar-refractivity contribution in [1.82, 2.24) is 19.4 Å². The number of aromatic nitrogens is 2. The van der Waals surface area contributed by atoms with Crippen molar-refractivity contribution < 1.29 is 13.9 Å². The number of ether oxygens (including phenoxy) is 1. The topological polar surface area (TPSA) is 82.9 Å². The van der Waals surface area contributed by atoms with Crippen molar-refractivity contribution in [2.45, 2.75) is 32.9 Å². The minimum atomic E-state index is -0.480. The number of anilines is 2. The van der Waals surface area contributed by atoms with E-state index in [1.807, 2.05) is 68.4 Å². The third-order valence-electron chi connectivity index (χ3n) is 7.91. The summed E-state index contributed by atoms with van der Waals surface area (Å²) in [4.78, 5) is 38.0. The number of benzene rings is 2. The molecule has 0 radical (unpaired) electrons. The molecular formula is C32H39FN6O3. The van der Waals surface area contributed by atoms with E-state index in [1.165, 1.54) is 6.07 Å². The summed E-state index contributed by atoms with van der Waals surface area (Å²) in [5.41, 5.74) is 3.19. The van der Waals surface area contributed by atoms with Crippen LogP contribution < -0.4 is 15.9 Å². The minimum Gasteiger partial charge on any atom is -0.463 e. The average molecular weight is 575 g/mol. The van der Waals surface area contributed by atoms with Gasteiger partial charge in [0.05, 0.1) is 18.1 Å². The van der Waals surface area contributed by atoms with Gasteiger partial charge in [-0.1, -0.05) is 48.5 Å². The van der Waals surface area contributed by atoms with Crippen molar-refractivity contribution in [3.05, 3.63) is 98.9 Å². The highest BCUT2D eigenvalue weighted by Gasteiger charge is 2.39. The number of carbonyl (C=O) groups is 1. The largest absolute Gasteiger partial charge is 0.463 e. The van der Waals surface area contributed by atoms with Crippen LogP contribution in [0.4, 0.5) is 16.0 Å². The Hall–Kier alpha value is -4.02. The zero-order chi connectivity index (χ0) is 29.8. The fraction of sp³-hybridized carbons (Fsp3) is 0.406. The quantitative estimate of drug-likeness (QED) is 0.388. The lowest BCUT2D eigenvalue weighted by molar-refractivity contribution is -0.138. The maximum absolute atomic E-state index is 14.3. The predicted molar refractivity (Wildman–Crippen MR) is 162 cm³/mol. The lowest BCUT2D eigenvalue weighted by Crippen LogP contribution is -2.48. The van der Waals surface area contributed by atoms with Crippen LogP contribution in [0.3, 0.4) is 0 Å². The average Bonchev–Trinajstić information content (AvgIpc) is 2.98. The number of piperazine rings is 1. The van der Waals surface area contributed by atoms with Crippen LogP contribution in [0.25, 0.3) is 0 Å². The number of hydrogen-bond acceptors (Lipinski definition) is 8. The zero-order valence-corrected chi connectivity index (χ0v) is 24.8. The molecule has 0 spiro atoms. The maximum atomic E-state index is 14.3. The molecule has 3 heterocycles. The summed E-state index contributed by atoms with van der Waals surface area (Å²) in [6.45, 7) is 8.07. The second kappa shape index (κ2) is 12.9. The first-order chi connectivity index (χ1) is 20.3. The number of nitrogens with zero attached hydrogens (tertiary/aromatic N) is 5. The van der Waals surface area contributed by atoms with Gasteiger partial charge in [-0.2, -0.15) is 4.98 Å². The molecule has 0 amide bonds. The summed E-state index contributed by atoms with van der Waals surface area (Å²) >= 11 is 0. The van der Waals surface area contributed by atoms with E-state index in [9.17, 15) is 14.0 Å². The monoisotopic (exact) mass is 574 g/mol. The van der Waals surface area contributed by atoms with Crippen LogP contribution in [0.5, 0.6) is 0 Å². The molecule has 2 aromatic carbocycles. The predicted octanol–water partition coefficient (Wildman–Crippen LogP) is 3.66. The second-order valence-electron chi connectivity index (χ2n) is 11.0. The molecule has 10 heteroatoms. The SMILES string of the molecule is CCOC(=O)C1=C(C)Nc2c(c(N3CCN(Cc4ccccc4F)CC3)nc(=O)n2CCN(C)C)C1c1ccccc1. The molecular weight excluding hydrogens is 535 g/mol. The molecule has 0 bridgehead atoms. The van der Waals surface area contributed by atoms with Gasteiger partial charge in [0.2, 0.25) is 0 Å². The normalized spacial score (nSPS) is 17.3. The van der Waals surface area contributed by atoms with Crippen LogP contribution in [-0.2, 0) is 22.6 Å². The number of likely N-dealkylation sites (N-methyl/N-ethyl adjacent to an activating group) is 1. The van der Waals surface area contributed by atoms with Crippen molar-refractivity contribution in [3.8, 4) is 0 Å². The summed E-state index contributed by atoms with van der Waals surface area (Å²) in [6, 6.07) is 16.7. The van der Waals surface area contributed by atoms with E-state index in [0.717, 1.165) is 11.1 Å². The molecule has 222 valence electrons. The highest BCUT2D eigenvalue weighted by molar-refractivity contribution is 5.95. The van der Waals surface area contributed by atoms with E-state index in [2.05, 4.69) is 20.1 Å². The van der Waals surface area contributed by atoms with E-state index in [4.69, 9.17) is 4.74 Å². The number of nitrogens with one attached hydrogen (secondary N) is 1. The van der Waals surface area contributed by atoms with Crippen molar-refractivity contribution in [3.63, 3.8) is 0 Å². The van der Waals surface area contributed by atoms with E-state index in [1.54, 1.807) is 17.6 Å². The molecule has 5 rings (SSSR count). The summed E-state index contributed by atoms with van der Waals surface area (Å²) in [7, 11) is 3.93. The molecule has 0 saturated carbocycles. The molecule has 1 unspecified atom stereocenters. The Bertz CT molecular complexity index is 1510. The molecule has 2 aliphatic heterocycles. The van der Waals surface area contributed by atoms with Crippen molar-refractivity contribution >= 4 is 17.6 Å². The smallest absolute Gasteiger partial charge is 0.351 e. The van der Waals surface area contributed by atoms with Gasteiger partial charge < -0.3 is 19.9 Å². The fourth-order valence-corrected chi connectivity index (χ4v) is 5.76. The third-order valence-corrected chi connectivity index (χ3v) is 7.91. The lowest BCUT2D eigenvalue weighted by atomic mass is 9.81. The van der Waals surface area contributed by atoms with E-state index in [0.29, 0.717) is 74.3 Å². The maximum Gasteiger partial charge on any atom is 0.351 e. The Morgan fingerprint density at radius 1 is 1.07 bits per heavy atom. The molecule has 1 atom stereocenters. The summed E-state index contributed by atoms with van der Waals surface area (Å²) in [6.07, 6.45) is 0. The lowest BCUT2D eigenvalue weighted by Gasteiger charge is -2.39. The second-order valence-corrected chi connectivity index (χ2v) is 11.0. The Morgan fingerprint density at radius 2 is 1.76 bits per heavy atom. The molecule has 0 aliphatic carbocycles. The Kier molecular flexibility index (Phi) is 9.03. The number of halogens is 1. The Balaban J connectivity index is 1.58. The Labute approximate surface area is 246 Å². The number of allylic oxidation sites excluding steroid dienone is 1. The number of carbonyl (C=O) groups excluding carboxylic acids is 1. The van der Waals surface area contributed by atoms with Gasteiger partial charge in [0.25, 0.3) is 0 Å². The van der Waals surface area contributed by atoms with E-state index < -0.39 is 11.9 Å². The number of esters is 1. The van der Waals surface area contributed by atoms with Gasteiger partial charge in [-0.25, -0.2) is 14.0 Å². The van der Waals surface area contributed by atoms with Crippen LogP contribution in [0.1, 0.15) is 36.5 Å². The summed E-state index contributed by atoms with van der Waals surface area (Å²) in [5, 5.41) is 3.41. The molecule has 1 saturated heterocycles. The van der Waals surface area contributed by atoms with Crippen molar-refractivity contribution in [1.29, 1.82) is 0 Å². The number of fused-ring (bicyclic) bond motifs is 1. The van der Waals surface area contributed by atoms with Crippen molar-refractivity contribution in [2.75, 3.05) is 63.6 Å². The van der Waals surface area contributed by atoms with Gasteiger partial charge in [-0.15, -0.1) is 0 Å². The highest BCUT2D eigenvalue weighted by atomic mass is 19.1. The van der Waals surface area contributed by atoms with Gasteiger partial charge in [0.15, 0.2) is 0 Å². The first-order valence-corrected chi connectivity index (χ1v) is 14.5. The van der Waals surface area contributed by atoms with Crippen LogP contribution >= 0.6 is 0 Å². The first-order valence-electron chi connectivity index (χ1n) is 14.5. The van der Waals surface area contributed by atoms with Gasteiger partial charge in [0, 0.05) is 62.6 Å². The minimum absolute atomic E-state index is 0.206. The molecule has 1 fully saturated rings. The van der Waals surface area contributed by atoms with Gasteiger partial charge >= 0.3 is 11.7 Å². The highest BCUT2D eigenvalue weighted by Crippen LogP contribution is 2.45. The Morgan fingerprint density at radius 3 is 2.43 bits per heavy atom. The van der Waals surface area contributed by atoms with Gasteiger partial charge in [0.1, 0.15) is 17.5 Å². The van der Waals surface area contributed by atoms with Crippen LogP contribution in [0.2, 0.25) is 0 Å². The zero-order valence-electron chi connectivity index (χ0n) is 24.8. The summed E-state index contributed by atoms with van der Waals surface area (Å²) < 4.78 is 21.5. The number of hydrogen-bond donors (Lipinski definition) is 1. The van der Waals surface area contributed by atoms with Gasteiger partial charge in [-0.3, -0.25) is 9.47 Å². The van der Waals surface area contributed by atoms with Crippen molar-refractivity contribution in [2.24, 2.45) is 0 Å². The molecule has 42 heavy (non-hydrogen) atoms. The molecule has 3 aromatic rings. The third kappa shape index (κ3) is 6.10. The van der Waals surface area contributed by atoms with Crippen LogP contribution in [-0.4, -0.2) is 78.7 Å². The first kappa shape index (κ1) is 29.5. The number of rotatable bonds is 9. The van der Waals surface area contributed by atoms with Crippen LogP contribution in [0, 0.1) is 5.82 Å². The summed E-state index contributed by atoms with van der Waals surface area (Å²) in [5.74, 6) is 0.139. The molecule has 9 nitrogen and oxygen atoms in total. The molecule has 1 aromatic heterocycles. The van der Waals surface area contributed by atoms with E-state index >= 15 is 0 Å².